The van der Waals surface area contributed by atoms with Crippen molar-refractivity contribution < 1.29 is 19.0 Å². The summed E-state index contributed by atoms with van der Waals surface area (Å²) in [5, 5.41) is 0. The van der Waals surface area contributed by atoms with E-state index >= 15 is 0 Å². The predicted octanol–water partition coefficient (Wildman–Crippen LogP) is 2.34. The highest BCUT2D eigenvalue weighted by atomic mass is 16.5. The van der Waals surface area contributed by atoms with Crippen molar-refractivity contribution in [2.45, 2.75) is 25.4 Å². The number of benzene rings is 1. The second kappa shape index (κ2) is 6.35. The molecule has 0 bridgehead atoms. The molecule has 1 heterocycles. The van der Waals surface area contributed by atoms with E-state index in [2.05, 4.69) is 18.9 Å². The van der Waals surface area contributed by atoms with Crippen molar-refractivity contribution in [2.75, 3.05) is 34.4 Å². The number of likely N-dealkylation sites (tertiary alicyclic amines) is 1. The van der Waals surface area contributed by atoms with Crippen molar-refractivity contribution in [3.63, 3.8) is 0 Å². The van der Waals surface area contributed by atoms with Gasteiger partial charge in [-0.3, -0.25) is 0 Å². The smallest absolute Gasteiger partial charge is 0.341 e. The van der Waals surface area contributed by atoms with Gasteiger partial charge in [0.05, 0.1) is 14.2 Å². The zero-order valence-electron chi connectivity index (χ0n) is 13.1. The Morgan fingerprint density at radius 3 is 2.71 bits per heavy atom. The lowest BCUT2D eigenvalue weighted by molar-refractivity contribution is 0.0121. The fourth-order valence-electron chi connectivity index (χ4n) is 2.83. The summed E-state index contributed by atoms with van der Waals surface area (Å²) in [6.07, 6.45) is 2.01. The van der Waals surface area contributed by atoms with Gasteiger partial charge in [0, 0.05) is 6.54 Å². The molecule has 0 amide bonds. The molecular formula is C16H23NO4. The van der Waals surface area contributed by atoms with Crippen LogP contribution in [0.1, 0.15) is 30.1 Å². The molecule has 0 aliphatic carbocycles. The van der Waals surface area contributed by atoms with Gasteiger partial charge in [0.1, 0.15) is 11.2 Å². The van der Waals surface area contributed by atoms with Crippen molar-refractivity contribution in [3.05, 3.63) is 23.8 Å². The molecule has 5 heteroatoms. The number of hydrogen-bond donors (Lipinski definition) is 0. The SMILES string of the molecule is COC(=O)c1cccc(OC)c1OC1(C)CCCN(C)C1. The Hall–Kier alpha value is -1.75. The second-order valence-corrected chi connectivity index (χ2v) is 5.72. The fraction of sp³-hybridized carbons (Fsp3) is 0.562. The molecule has 1 aliphatic rings. The van der Waals surface area contributed by atoms with Gasteiger partial charge >= 0.3 is 5.97 Å². The van der Waals surface area contributed by atoms with E-state index in [4.69, 9.17) is 14.2 Å². The number of likely N-dealkylation sites (N-methyl/N-ethyl adjacent to an activating group) is 1. The Morgan fingerprint density at radius 2 is 2.10 bits per heavy atom. The molecular weight excluding hydrogens is 270 g/mol. The molecule has 2 rings (SSSR count). The molecule has 0 saturated carbocycles. The first-order valence-corrected chi connectivity index (χ1v) is 7.12. The lowest BCUT2D eigenvalue weighted by atomic mass is 9.95. The van der Waals surface area contributed by atoms with Gasteiger partial charge in [-0.25, -0.2) is 4.79 Å². The van der Waals surface area contributed by atoms with E-state index in [0.29, 0.717) is 17.1 Å². The van der Waals surface area contributed by atoms with Crippen LogP contribution < -0.4 is 9.47 Å². The number of para-hydroxylation sites is 1. The largest absolute Gasteiger partial charge is 0.493 e. The van der Waals surface area contributed by atoms with Crippen molar-refractivity contribution >= 4 is 5.97 Å². The van der Waals surface area contributed by atoms with E-state index in [1.807, 2.05) is 0 Å². The molecule has 5 nitrogen and oxygen atoms in total. The molecule has 1 fully saturated rings. The summed E-state index contributed by atoms with van der Waals surface area (Å²) in [4.78, 5) is 14.2. The summed E-state index contributed by atoms with van der Waals surface area (Å²) < 4.78 is 16.4. The van der Waals surface area contributed by atoms with Gasteiger partial charge in [-0.05, 0) is 45.5 Å². The average Bonchev–Trinajstić information content (AvgIpc) is 2.46. The van der Waals surface area contributed by atoms with Gasteiger partial charge < -0.3 is 19.1 Å². The highest BCUT2D eigenvalue weighted by molar-refractivity contribution is 5.93. The summed E-state index contributed by atoms with van der Waals surface area (Å²) in [6.45, 7) is 3.94. The molecule has 116 valence electrons. The van der Waals surface area contributed by atoms with Crippen LogP contribution in [-0.2, 0) is 4.74 Å². The maximum atomic E-state index is 11.9. The van der Waals surface area contributed by atoms with Crippen molar-refractivity contribution in [1.29, 1.82) is 0 Å². The molecule has 0 aromatic heterocycles. The van der Waals surface area contributed by atoms with Crippen LogP contribution in [-0.4, -0.2) is 50.8 Å². The van der Waals surface area contributed by atoms with Crippen LogP contribution in [0.4, 0.5) is 0 Å². The second-order valence-electron chi connectivity index (χ2n) is 5.72. The van der Waals surface area contributed by atoms with E-state index in [1.54, 1.807) is 25.3 Å². The Balaban J connectivity index is 2.35. The third-order valence-corrected chi connectivity index (χ3v) is 3.80. The highest BCUT2D eigenvalue weighted by Gasteiger charge is 2.34. The third kappa shape index (κ3) is 3.47. The number of piperidine rings is 1. The van der Waals surface area contributed by atoms with Gasteiger partial charge in [0.2, 0.25) is 0 Å². The number of ether oxygens (including phenoxy) is 3. The zero-order valence-corrected chi connectivity index (χ0v) is 13.1. The normalized spacial score (nSPS) is 22.7. The molecule has 1 atom stereocenters. The van der Waals surface area contributed by atoms with Crippen LogP contribution in [0.2, 0.25) is 0 Å². The number of rotatable bonds is 4. The van der Waals surface area contributed by atoms with Crippen LogP contribution in [0, 0.1) is 0 Å². The lowest BCUT2D eigenvalue weighted by Gasteiger charge is -2.39. The molecule has 0 radical (unpaired) electrons. The number of methoxy groups -OCH3 is 2. The van der Waals surface area contributed by atoms with Crippen molar-refractivity contribution in [2.24, 2.45) is 0 Å². The standard InChI is InChI=1S/C16H23NO4/c1-16(9-6-10-17(2)11-16)21-14-12(15(18)20-4)7-5-8-13(14)19-3/h5,7-8H,6,9-11H2,1-4H3. The van der Waals surface area contributed by atoms with Crippen molar-refractivity contribution in [1.82, 2.24) is 4.90 Å². The zero-order chi connectivity index (χ0) is 15.5. The molecule has 0 N–H and O–H groups in total. The van der Waals surface area contributed by atoms with Gasteiger partial charge in [-0.2, -0.15) is 0 Å². The molecule has 1 saturated heterocycles. The first kappa shape index (κ1) is 15.6. The summed E-state index contributed by atoms with van der Waals surface area (Å²) in [5.74, 6) is 0.591. The van der Waals surface area contributed by atoms with Crippen LogP contribution in [0.5, 0.6) is 11.5 Å². The third-order valence-electron chi connectivity index (χ3n) is 3.80. The van der Waals surface area contributed by atoms with E-state index in [0.717, 1.165) is 25.9 Å². The van der Waals surface area contributed by atoms with Crippen LogP contribution in [0.15, 0.2) is 18.2 Å². The number of esters is 1. The maximum absolute atomic E-state index is 11.9. The quantitative estimate of drug-likeness (QED) is 0.798. The van der Waals surface area contributed by atoms with E-state index in [9.17, 15) is 4.79 Å². The molecule has 1 aromatic carbocycles. The van der Waals surface area contributed by atoms with Gasteiger partial charge in [-0.15, -0.1) is 0 Å². The van der Waals surface area contributed by atoms with Crippen molar-refractivity contribution in [3.8, 4) is 11.5 Å². The van der Waals surface area contributed by atoms with Crippen LogP contribution >= 0.6 is 0 Å². The van der Waals surface area contributed by atoms with Crippen LogP contribution in [0.25, 0.3) is 0 Å². The number of hydrogen-bond acceptors (Lipinski definition) is 5. The Labute approximate surface area is 125 Å². The van der Waals surface area contributed by atoms with Crippen LogP contribution in [0.3, 0.4) is 0 Å². The first-order chi connectivity index (χ1) is 9.99. The Kier molecular flexibility index (Phi) is 4.73. The Bertz CT molecular complexity index is 517. The van der Waals surface area contributed by atoms with E-state index < -0.39 is 5.97 Å². The number of carbonyl (C=O) groups is 1. The molecule has 1 unspecified atom stereocenters. The molecule has 1 aliphatic heterocycles. The van der Waals surface area contributed by atoms with E-state index in [1.165, 1.54) is 7.11 Å². The average molecular weight is 293 g/mol. The fourth-order valence-corrected chi connectivity index (χ4v) is 2.83. The summed E-state index contributed by atoms with van der Waals surface area (Å²) in [7, 11) is 5.00. The predicted molar refractivity (Wildman–Crippen MR) is 80.1 cm³/mol. The Morgan fingerprint density at radius 1 is 1.33 bits per heavy atom. The summed E-state index contributed by atoms with van der Waals surface area (Å²) in [5.41, 5.74) is 0.0519. The molecule has 1 aromatic rings. The number of nitrogens with zero attached hydrogens (tertiary/aromatic N) is 1. The highest BCUT2D eigenvalue weighted by Crippen LogP contribution is 2.36. The van der Waals surface area contributed by atoms with Gasteiger partial charge in [0.15, 0.2) is 11.5 Å². The van der Waals surface area contributed by atoms with E-state index in [-0.39, 0.29) is 5.60 Å². The number of carbonyl (C=O) groups excluding carboxylic acids is 1. The topological polar surface area (TPSA) is 48.0 Å². The minimum Gasteiger partial charge on any atom is -0.493 e. The maximum Gasteiger partial charge on any atom is 0.341 e. The molecule has 21 heavy (non-hydrogen) atoms. The first-order valence-electron chi connectivity index (χ1n) is 7.12. The monoisotopic (exact) mass is 293 g/mol. The molecule has 0 spiro atoms. The minimum absolute atomic E-state index is 0.343. The minimum atomic E-state index is -0.420. The summed E-state index contributed by atoms with van der Waals surface area (Å²) in [6, 6.07) is 5.24. The van der Waals surface area contributed by atoms with Gasteiger partial charge in [0.25, 0.3) is 0 Å². The lowest BCUT2D eigenvalue weighted by Crippen LogP contribution is -2.48. The van der Waals surface area contributed by atoms with Gasteiger partial charge in [-0.1, -0.05) is 6.07 Å². The summed E-state index contributed by atoms with van der Waals surface area (Å²) >= 11 is 0.